The molecule has 2 aliphatic rings. The monoisotopic (exact) mass is 458 g/mol. The minimum Gasteiger partial charge on any atom is -0.493 e. The fourth-order valence-electron chi connectivity index (χ4n) is 4.17. The van der Waals surface area contributed by atoms with Crippen molar-refractivity contribution in [1.82, 2.24) is 19.9 Å². The predicted molar refractivity (Wildman–Crippen MR) is 122 cm³/mol. The van der Waals surface area contributed by atoms with Crippen LogP contribution < -0.4 is 20.1 Å². The number of likely N-dealkylation sites (tertiary alicyclic amines) is 1. The molecule has 0 saturated carbocycles. The maximum Gasteiger partial charge on any atom is 0.223 e. The third-order valence-electron chi connectivity index (χ3n) is 5.92. The van der Waals surface area contributed by atoms with Crippen molar-refractivity contribution in [3.8, 4) is 11.5 Å². The maximum atomic E-state index is 13.3. The molecule has 2 aromatic rings. The van der Waals surface area contributed by atoms with Gasteiger partial charge in [-0.1, -0.05) is 17.7 Å². The van der Waals surface area contributed by atoms with Crippen molar-refractivity contribution in [3.63, 3.8) is 0 Å². The number of Topliss-reactive ketones (excluding diaryl/α,β-unsaturated/α-hetero) is 1. The summed E-state index contributed by atoms with van der Waals surface area (Å²) < 4.78 is 10.7. The molecule has 1 saturated heterocycles. The van der Waals surface area contributed by atoms with Crippen molar-refractivity contribution in [1.29, 1.82) is 0 Å². The minimum atomic E-state index is -0.138. The predicted octanol–water partition coefficient (Wildman–Crippen LogP) is 2.60. The number of rotatable bonds is 5. The fraction of sp³-hybridized carbons (Fsp3) is 0.455. The van der Waals surface area contributed by atoms with E-state index in [0.29, 0.717) is 41.9 Å². The van der Waals surface area contributed by atoms with E-state index in [4.69, 9.17) is 26.8 Å². The molecule has 2 aromatic heterocycles. The molecule has 2 aliphatic heterocycles. The molecule has 0 unspecified atom stereocenters. The number of hydrogen-bond donors (Lipinski definition) is 1. The molecule has 9 nitrogen and oxygen atoms in total. The van der Waals surface area contributed by atoms with Gasteiger partial charge in [-0.05, 0) is 38.9 Å². The van der Waals surface area contributed by atoms with Gasteiger partial charge < -0.3 is 25.0 Å². The van der Waals surface area contributed by atoms with Gasteiger partial charge in [-0.3, -0.25) is 9.78 Å². The van der Waals surface area contributed by atoms with Crippen molar-refractivity contribution < 1.29 is 14.3 Å². The van der Waals surface area contributed by atoms with Gasteiger partial charge >= 0.3 is 0 Å². The number of fused-ring (bicyclic) bond motifs is 1. The molecule has 0 amide bonds. The highest BCUT2D eigenvalue weighted by molar-refractivity contribution is 6.35. The summed E-state index contributed by atoms with van der Waals surface area (Å²) >= 11 is 6.36. The molecular weight excluding hydrogens is 432 g/mol. The van der Waals surface area contributed by atoms with Crippen LogP contribution in [0.4, 0.5) is 11.8 Å². The molecule has 0 spiro atoms. The molecule has 0 radical (unpaired) electrons. The van der Waals surface area contributed by atoms with Crippen LogP contribution in [0.5, 0.6) is 11.5 Å². The van der Waals surface area contributed by atoms with E-state index in [9.17, 15) is 4.79 Å². The number of anilines is 2. The third-order valence-corrected chi connectivity index (χ3v) is 6.20. The lowest BCUT2D eigenvalue weighted by atomic mass is 9.90. The summed E-state index contributed by atoms with van der Waals surface area (Å²) in [6.07, 6.45) is 5.74. The van der Waals surface area contributed by atoms with Gasteiger partial charge in [0.2, 0.25) is 5.95 Å². The molecule has 32 heavy (non-hydrogen) atoms. The Labute approximate surface area is 192 Å². The Kier molecular flexibility index (Phi) is 6.48. The van der Waals surface area contributed by atoms with Gasteiger partial charge in [0.1, 0.15) is 16.5 Å². The first-order valence-corrected chi connectivity index (χ1v) is 10.9. The Morgan fingerprint density at radius 2 is 1.94 bits per heavy atom. The summed E-state index contributed by atoms with van der Waals surface area (Å²) in [7, 11) is 5.25. The van der Waals surface area contributed by atoms with Crippen LogP contribution in [0, 0.1) is 5.92 Å². The number of halogens is 1. The molecular formula is C22H27ClN6O3. The lowest BCUT2D eigenvalue weighted by Gasteiger charge is -2.32. The summed E-state index contributed by atoms with van der Waals surface area (Å²) in [6, 6.07) is 1.81. The highest BCUT2D eigenvalue weighted by atomic mass is 35.5. The highest BCUT2D eigenvalue weighted by Gasteiger charge is 2.33. The number of nitrogens with zero attached hydrogens (tertiary/aromatic N) is 5. The number of nitrogens with two attached hydrogens (primary N) is 1. The molecule has 4 rings (SSSR count). The van der Waals surface area contributed by atoms with E-state index >= 15 is 0 Å². The number of piperidine rings is 1. The van der Waals surface area contributed by atoms with E-state index in [1.807, 2.05) is 4.90 Å². The number of pyridine rings is 1. The van der Waals surface area contributed by atoms with Crippen molar-refractivity contribution in [2.45, 2.75) is 19.4 Å². The quantitative estimate of drug-likeness (QED) is 0.534. The summed E-state index contributed by atoms with van der Waals surface area (Å²) in [4.78, 5) is 30.4. The van der Waals surface area contributed by atoms with Gasteiger partial charge in [0, 0.05) is 18.2 Å². The number of ketones is 1. The Balaban J connectivity index is 1.70. The number of carbonyl (C=O) groups is 1. The Morgan fingerprint density at radius 1 is 1.22 bits per heavy atom. The van der Waals surface area contributed by atoms with Crippen LogP contribution in [-0.4, -0.2) is 66.5 Å². The Hall–Kier alpha value is -2.91. The first-order chi connectivity index (χ1) is 15.4. The van der Waals surface area contributed by atoms with Crippen LogP contribution in [0.15, 0.2) is 23.9 Å². The molecule has 0 aliphatic carbocycles. The van der Waals surface area contributed by atoms with Crippen molar-refractivity contribution in [2.24, 2.45) is 5.92 Å². The van der Waals surface area contributed by atoms with E-state index in [2.05, 4.69) is 33.0 Å². The maximum absolute atomic E-state index is 13.3. The number of hydrogen-bond acceptors (Lipinski definition) is 9. The van der Waals surface area contributed by atoms with E-state index < -0.39 is 0 Å². The number of allylic oxidation sites excluding steroid dienone is 1. The van der Waals surface area contributed by atoms with Crippen LogP contribution in [0.1, 0.15) is 28.9 Å². The molecule has 0 bridgehead atoms. The summed E-state index contributed by atoms with van der Waals surface area (Å²) in [5.74, 6) is 1.77. The first-order valence-electron chi connectivity index (χ1n) is 10.5. The Bertz CT molecular complexity index is 1050. The summed E-state index contributed by atoms with van der Waals surface area (Å²) in [5, 5.41) is 0.0664. The van der Waals surface area contributed by atoms with Crippen molar-refractivity contribution >= 4 is 29.2 Å². The molecule has 4 heterocycles. The van der Waals surface area contributed by atoms with Gasteiger partial charge in [0.05, 0.1) is 32.7 Å². The highest BCUT2D eigenvalue weighted by Crippen LogP contribution is 2.35. The second-order valence-corrected chi connectivity index (χ2v) is 8.48. The average Bonchev–Trinajstić information content (AvgIpc) is 2.77. The zero-order valence-corrected chi connectivity index (χ0v) is 19.2. The lowest BCUT2D eigenvalue weighted by molar-refractivity contribution is 0.102. The molecule has 0 aromatic carbocycles. The van der Waals surface area contributed by atoms with Gasteiger partial charge in [-0.2, -0.15) is 4.98 Å². The fourth-order valence-corrected chi connectivity index (χ4v) is 4.43. The smallest absolute Gasteiger partial charge is 0.223 e. The zero-order chi connectivity index (χ0) is 22.8. The second-order valence-electron chi connectivity index (χ2n) is 8.12. The van der Waals surface area contributed by atoms with Crippen LogP contribution >= 0.6 is 11.6 Å². The second kappa shape index (κ2) is 9.30. The average molecular weight is 459 g/mol. The molecule has 2 N–H and O–H groups in total. The van der Waals surface area contributed by atoms with E-state index in [1.165, 1.54) is 0 Å². The SMILES string of the molecule is COc1cnc(CN2C/C(=C\C3CCN(C)CC3)C(=O)c3c(Cl)nc(N)nc32)cc1OC. The van der Waals surface area contributed by atoms with E-state index in [1.54, 1.807) is 26.5 Å². The summed E-state index contributed by atoms with van der Waals surface area (Å²) in [6.45, 7) is 2.80. The number of carbonyl (C=O) groups excluding carboxylic acids is 1. The van der Waals surface area contributed by atoms with Gasteiger partial charge in [0.15, 0.2) is 17.3 Å². The standard InChI is InChI=1S/C22H27ClN6O3/c1-28-6-4-13(5-7-28)8-14-11-29(12-15-9-16(31-2)17(32-3)10-25-15)21-18(19(14)30)20(23)26-22(24)27-21/h8-10,13H,4-7,11-12H2,1-3H3,(H2,24,26,27)/b14-8+. The number of methoxy groups -OCH3 is 2. The topological polar surface area (TPSA) is 107 Å². The number of aromatic nitrogens is 3. The number of ether oxygens (including phenoxy) is 2. The largest absolute Gasteiger partial charge is 0.493 e. The zero-order valence-electron chi connectivity index (χ0n) is 18.5. The van der Waals surface area contributed by atoms with Gasteiger partial charge in [0.25, 0.3) is 0 Å². The van der Waals surface area contributed by atoms with Gasteiger partial charge in [-0.25, -0.2) is 4.98 Å². The molecule has 1 fully saturated rings. The van der Waals surface area contributed by atoms with Crippen LogP contribution in [0.2, 0.25) is 5.15 Å². The van der Waals surface area contributed by atoms with E-state index in [0.717, 1.165) is 31.6 Å². The molecule has 0 atom stereocenters. The van der Waals surface area contributed by atoms with Crippen molar-refractivity contribution in [2.75, 3.05) is 51.5 Å². The van der Waals surface area contributed by atoms with Crippen LogP contribution in [0.25, 0.3) is 0 Å². The minimum absolute atomic E-state index is 0.0227. The Morgan fingerprint density at radius 3 is 2.62 bits per heavy atom. The van der Waals surface area contributed by atoms with Crippen molar-refractivity contribution in [3.05, 3.63) is 40.3 Å². The van der Waals surface area contributed by atoms with Crippen LogP contribution in [0.3, 0.4) is 0 Å². The third kappa shape index (κ3) is 4.49. The van der Waals surface area contributed by atoms with Gasteiger partial charge in [-0.15, -0.1) is 0 Å². The van der Waals surface area contributed by atoms with E-state index in [-0.39, 0.29) is 22.4 Å². The van der Waals surface area contributed by atoms with Crippen LogP contribution in [-0.2, 0) is 6.54 Å². The first kappa shape index (κ1) is 22.3. The molecule has 170 valence electrons. The number of nitrogen functional groups attached to an aromatic ring is 1. The summed E-state index contributed by atoms with van der Waals surface area (Å²) in [5.41, 5.74) is 7.56. The molecule has 10 heteroatoms. The normalized spacial score (nSPS) is 18.7. The lowest BCUT2D eigenvalue weighted by Crippen LogP contribution is -2.36.